The molecule has 0 N–H and O–H groups in total. The highest BCUT2D eigenvalue weighted by atomic mass is 16.5. The maximum absolute atomic E-state index is 11.0. The number of hydrogen-bond acceptors (Lipinski definition) is 4. The smallest absolute Gasteiger partial charge is 0.306 e. The Morgan fingerprint density at radius 1 is 1.06 bits per heavy atom. The van der Waals surface area contributed by atoms with Crippen LogP contribution in [0.3, 0.4) is 0 Å². The zero-order chi connectivity index (χ0) is 12.9. The second-order valence-electron chi connectivity index (χ2n) is 3.32. The van der Waals surface area contributed by atoms with Crippen LogP contribution in [0, 0.1) is 0 Å². The molecular weight excluding hydrogens is 220 g/mol. The average Bonchev–Trinajstić information content (AvgIpc) is 2.27. The van der Waals surface area contributed by atoms with E-state index in [2.05, 4.69) is 0 Å². The fraction of sp³-hybridized carbons (Fsp3) is 0.538. The van der Waals surface area contributed by atoms with Crippen molar-refractivity contribution in [2.24, 2.45) is 0 Å². The van der Waals surface area contributed by atoms with Crippen LogP contribution in [0.15, 0.2) is 24.3 Å². The van der Waals surface area contributed by atoms with Gasteiger partial charge in [0.25, 0.3) is 0 Å². The Morgan fingerprint density at radius 2 is 1.76 bits per heavy atom. The monoisotopic (exact) mass is 240 g/mol. The van der Waals surface area contributed by atoms with E-state index in [-0.39, 0.29) is 11.9 Å². The first-order valence-electron chi connectivity index (χ1n) is 5.75. The van der Waals surface area contributed by atoms with E-state index in [4.69, 9.17) is 9.47 Å². The van der Waals surface area contributed by atoms with Crippen LogP contribution < -0.4 is 0 Å². The molecule has 0 aliphatic heterocycles. The number of hydrogen-bond donors (Lipinski definition) is 0. The Kier molecular flexibility index (Phi) is 9.91. The maximum Gasteiger partial charge on any atom is 0.306 e. The molecule has 0 heterocycles. The molecule has 0 aliphatic carbocycles. The first-order valence-corrected chi connectivity index (χ1v) is 5.75. The van der Waals surface area contributed by atoms with Crippen molar-refractivity contribution >= 4 is 11.9 Å². The molecule has 0 rings (SSSR count). The summed E-state index contributed by atoms with van der Waals surface area (Å²) in [6.45, 7) is 3.91. The topological polar surface area (TPSA) is 52.6 Å². The van der Waals surface area contributed by atoms with Gasteiger partial charge in [0.05, 0.1) is 6.61 Å². The van der Waals surface area contributed by atoms with Crippen LogP contribution in [0.1, 0.15) is 33.1 Å². The standard InChI is InChI=1S/C13H20O4/c1-3-16-13(15)10-8-6-4-5-7-9-11-17-12(2)14/h4,6-7,9H,3,5,8,10-11H2,1-2H3/b6-4-,9-7+. The predicted molar refractivity (Wildman–Crippen MR) is 65.4 cm³/mol. The van der Waals surface area contributed by atoms with Crippen LogP contribution in [0.5, 0.6) is 0 Å². The quantitative estimate of drug-likeness (QED) is 0.483. The third kappa shape index (κ3) is 12.4. The van der Waals surface area contributed by atoms with Gasteiger partial charge >= 0.3 is 11.9 Å². The van der Waals surface area contributed by atoms with Crippen molar-refractivity contribution in [2.75, 3.05) is 13.2 Å². The van der Waals surface area contributed by atoms with Gasteiger partial charge in [-0.15, -0.1) is 0 Å². The number of allylic oxidation sites excluding steroid dienone is 3. The van der Waals surface area contributed by atoms with Crippen molar-refractivity contribution in [2.45, 2.75) is 33.1 Å². The fourth-order valence-corrected chi connectivity index (χ4v) is 1.06. The van der Waals surface area contributed by atoms with Gasteiger partial charge in [-0.2, -0.15) is 0 Å². The second-order valence-corrected chi connectivity index (χ2v) is 3.32. The minimum atomic E-state index is -0.278. The summed E-state index contributed by atoms with van der Waals surface area (Å²) in [7, 11) is 0. The van der Waals surface area contributed by atoms with Gasteiger partial charge in [0.15, 0.2) is 0 Å². The maximum atomic E-state index is 11.0. The van der Waals surface area contributed by atoms with Gasteiger partial charge in [0.2, 0.25) is 0 Å². The number of rotatable bonds is 8. The lowest BCUT2D eigenvalue weighted by atomic mass is 10.2. The Bertz CT molecular complexity index is 279. The molecule has 4 nitrogen and oxygen atoms in total. The van der Waals surface area contributed by atoms with Crippen molar-refractivity contribution in [1.29, 1.82) is 0 Å². The molecule has 0 aromatic carbocycles. The Hall–Kier alpha value is -1.58. The highest BCUT2D eigenvalue weighted by Crippen LogP contribution is 1.96. The molecule has 96 valence electrons. The average molecular weight is 240 g/mol. The molecule has 17 heavy (non-hydrogen) atoms. The number of carbonyl (C=O) groups is 2. The molecule has 0 bridgehead atoms. The summed E-state index contributed by atoms with van der Waals surface area (Å²) in [6.07, 6.45) is 9.47. The molecule has 0 radical (unpaired) electrons. The fourth-order valence-electron chi connectivity index (χ4n) is 1.06. The van der Waals surface area contributed by atoms with Crippen LogP contribution in [-0.4, -0.2) is 25.2 Å². The molecule has 0 spiro atoms. The largest absolute Gasteiger partial charge is 0.466 e. The van der Waals surface area contributed by atoms with E-state index < -0.39 is 0 Å². The predicted octanol–water partition coefficient (Wildman–Crippen LogP) is 2.40. The summed E-state index contributed by atoms with van der Waals surface area (Å²) in [6, 6.07) is 0. The Morgan fingerprint density at radius 3 is 2.41 bits per heavy atom. The summed E-state index contributed by atoms with van der Waals surface area (Å²) in [5.41, 5.74) is 0. The normalized spacial score (nSPS) is 10.9. The van der Waals surface area contributed by atoms with E-state index in [1.165, 1.54) is 6.92 Å². The van der Waals surface area contributed by atoms with Gasteiger partial charge in [-0.05, 0) is 19.8 Å². The summed E-state index contributed by atoms with van der Waals surface area (Å²) >= 11 is 0. The van der Waals surface area contributed by atoms with E-state index in [9.17, 15) is 9.59 Å². The Balaban J connectivity index is 3.42. The van der Waals surface area contributed by atoms with Crippen molar-refractivity contribution in [3.63, 3.8) is 0 Å². The highest BCUT2D eigenvalue weighted by Gasteiger charge is 1.97. The van der Waals surface area contributed by atoms with Crippen LogP contribution in [0.4, 0.5) is 0 Å². The van der Waals surface area contributed by atoms with Gasteiger partial charge < -0.3 is 9.47 Å². The van der Waals surface area contributed by atoms with Gasteiger partial charge in [-0.3, -0.25) is 9.59 Å². The minimum Gasteiger partial charge on any atom is -0.466 e. The van der Waals surface area contributed by atoms with E-state index >= 15 is 0 Å². The lowest BCUT2D eigenvalue weighted by Crippen LogP contribution is -2.02. The lowest BCUT2D eigenvalue weighted by Gasteiger charge is -1.97. The molecule has 0 aromatic rings. The van der Waals surface area contributed by atoms with E-state index in [0.717, 1.165) is 6.42 Å². The van der Waals surface area contributed by atoms with Crippen molar-refractivity contribution in [1.82, 2.24) is 0 Å². The molecule has 0 aliphatic rings. The molecule has 0 amide bonds. The van der Waals surface area contributed by atoms with E-state index in [1.54, 1.807) is 13.0 Å². The first kappa shape index (κ1) is 15.4. The van der Waals surface area contributed by atoms with Gasteiger partial charge in [0.1, 0.15) is 6.61 Å². The third-order valence-corrected chi connectivity index (χ3v) is 1.81. The van der Waals surface area contributed by atoms with E-state index in [1.807, 2.05) is 18.2 Å². The Labute approximate surface area is 102 Å². The second kappa shape index (κ2) is 10.9. The van der Waals surface area contributed by atoms with Gasteiger partial charge in [0, 0.05) is 13.3 Å². The number of ether oxygens (including phenoxy) is 2. The van der Waals surface area contributed by atoms with Crippen molar-refractivity contribution < 1.29 is 19.1 Å². The van der Waals surface area contributed by atoms with Crippen molar-refractivity contribution in [3.8, 4) is 0 Å². The molecular formula is C13H20O4. The molecule has 0 atom stereocenters. The van der Waals surface area contributed by atoms with Crippen molar-refractivity contribution in [3.05, 3.63) is 24.3 Å². The van der Waals surface area contributed by atoms with Gasteiger partial charge in [-0.1, -0.05) is 24.3 Å². The molecule has 4 heteroatoms. The summed E-state index contributed by atoms with van der Waals surface area (Å²) < 4.78 is 9.51. The highest BCUT2D eigenvalue weighted by molar-refractivity contribution is 5.69. The number of esters is 2. The first-order chi connectivity index (χ1) is 8.16. The zero-order valence-corrected chi connectivity index (χ0v) is 10.5. The SMILES string of the molecule is CCOC(=O)CC/C=C\C/C=C/COC(C)=O. The number of carbonyl (C=O) groups excluding carboxylic acids is 2. The summed E-state index contributed by atoms with van der Waals surface area (Å²) in [4.78, 5) is 21.4. The third-order valence-electron chi connectivity index (χ3n) is 1.81. The zero-order valence-electron chi connectivity index (χ0n) is 10.5. The molecule has 0 fully saturated rings. The molecule has 0 saturated heterocycles. The molecule has 0 aromatic heterocycles. The van der Waals surface area contributed by atoms with Crippen LogP contribution >= 0.6 is 0 Å². The molecule has 0 saturated carbocycles. The van der Waals surface area contributed by atoms with Gasteiger partial charge in [-0.25, -0.2) is 0 Å². The summed E-state index contributed by atoms with van der Waals surface area (Å²) in [5, 5.41) is 0. The summed E-state index contributed by atoms with van der Waals surface area (Å²) in [5.74, 6) is -0.442. The van der Waals surface area contributed by atoms with Crippen LogP contribution in [-0.2, 0) is 19.1 Å². The minimum absolute atomic E-state index is 0.164. The lowest BCUT2D eigenvalue weighted by molar-refractivity contribution is -0.143. The van der Waals surface area contributed by atoms with Crippen LogP contribution in [0.25, 0.3) is 0 Å². The van der Waals surface area contributed by atoms with E-state index in [0.29, 0.717) is 26.1 Å². The van der Waals surface area contributed by atoms with Crippen LogP contribution in [0.2, 0.25) is 0 Å². The molecule has 0 unspecified atom stereocenters.